The maximum Gasteiger partial charge on any atom is 0.341 e. The predicted molar refractivity (Wildman–Crippen MR) is 95.3 cm³/mol. The van der Waals surface area contributed by atoms with Gasteiger partial charge in [-0.2, -0.15) is 0 Å². The molecule has 128 valence electrons. The van der Waals surface area contributed by atoms with Crippen molar-refractivity contribution in [2.75, 3.05) is 0 Å². The minimum absolute atomic E-state index is 0.0279. The van der Waals surface area contributed by atoms with E-state index in [2.05, 4.69) is 9.97 Å². The number of pyridine rings is 1. The Morgan fingerprint density at radius 3 is 2.64 bits per heavy atom. The van der Waals surface area contributed by atoms with Gasteiger partial charge in [0.1, 0.15) is 22.6 Å². The molecule has 0 saturated heterocycles. The molecule has 1 aromatic carbocycles. The number of carbonyl (C=O) groups excluding carboxylic acids is 1. The van der Waals surface area contributed by atoms with Crippen molar-refractivity contribution in [3.8, 4) is 10.6 Å². The van der Waals surface area contributed by atoms with E-state index >= 15 is 0 Å². The number of esters is 1. The Balaban J connectivity index is 1.70. The van der Waals surface area contributed by atoms with Gasteiger partial charge in [0.05, 0.1) is 11.3 Å². The lowest BCUT2D eigenvalue weighted by Crippen LogP contribution is -2.09. The lowest BCUT2D eigenvalue weighted by atomic mass is 10.1. The zero-order valence-corrected chi connectivity index (χ0v) is 15.1. The SMILES string of the molecule is Cc1cc(C)c(C(=O)OCc2csc(-c3ccc(F)cc3)n2)c(Cl)n1. The van der Waals surface area contributed by atoms with Crippen LogP contribution in [0.4, 0.5) is 4.39 Å². The quantitative estimate of drug-likeness (QED) is 0.476. The lowest BCUT2D eigenvalue weighted by Gasteiger charge is -2.08. The van der Waals surface area contributed by atoms with Crippen molar-refractivity contribution in [3.05, 3.63) is 69.2 Å². The molecule has 0 N–H and O–H groups in total. The summed E-state index contributed by atoms with van der Waals surface area (Å²) in [7, 11) is 0. The molecule has 3 rings (SSSR count). The number of halogens is 2. The van der Waals surface area contributed by atoms with Gasteiger partial charge in [-0.05, 0) is 49.7 Å². The van der Waals surface area contributed by atoms with Crippen LogP contribution in [0.2, 0.25) is 5.15 Å². The summed E-state index contributed by atoms with van der Waals surface area (Å²) in [6.45, 7) is 3.62. The van der Waals surface area contributed by atoms with Crippen LogP contribution in [0, 0.1) is 19.7 Å². The van der Waals surface area contributed by atoms with E-state index in [1.54, 1.807) is 37.4 Å². The standard InChI is InChI=1S/C18H14ClFN2O2S/c1-10-7-11(2)21-16(19)15(10)18(23)24-8-14-9-25-17(22-14)12-3-5-13(20)6-4-12/h3-7,9H,8H2,1-2H3. The highest BCUT2D eigenvalue weighted by molar-refractivity contribution is 7.13. The first kappa shape index (κ1) is 17.5. The summed E-state index contributed by atoms with van der Waals surface area (Å²) in [6.07, 6.45) is 0. The highest BCUT2D eigenvalue weighted by Gasteiger charge is 2.17. The third kappa shape index (κ3) is 4.03. The normalized spacial score (nSPS) is 10.7. The van der Waals surface area contributed by atoms with Gasteiger partial charge in [0, 0.05) is 16.6 Å². The average molecular weight is 377 g/mol. The summed E-state index contributed by atoms with van der Waals surface area (Å²) >= 11 is 7.45. The molecule has 3 aromatic rings. The number of thiazole rings is 1. The molecule has 25 heavy (non-hydrogen) atoms. The van der Waals surface area contributed by atoms with Gasteiger partial charge in [0.2, 0.25) is 0 Å². The van der Waals surface area contributed by atoms with Crippen molar-refractivity contribution in [2.24, 2.45) is 0 Å². The van der Waals surface area contributed by atoms with Gasteiger partial charge >= 0.3 is 5.97 Å². The fourth-order valence-electron chi connectivity index (χ4n) is 2.35. The fraction of sp³-hybridized carbons (Fsp3) is 0.167. The molecule has 0 aliphatic heterocycles. The van der Waals surface area contributed by atoms with Crippen molar-refractivity contribution >= 4 is 28.9 Å². The molecule has 4 nitrogen and oxygen atoms in total. The number of carbonyl (C=O) groups is 1. The second-order valence-corrected chi connectivity index (χ2v) is 6.69. The van der Waals surface area contributed by atoms with Gasteiger partial charge in [-0.1, -0.05) is 11.6 Å². The van der Waals surface area contributed by atoms with Gasteiger partial charge in [-0.3, -0.25) is 0 Å². The van der Waals surface area contributed by atoms with E-state index in [0.717, 1.165) is 16.3 Å². The largest absolute Gasteiger partial charge is 0.455 e. The summed E-state index contributed by atoms with van der Waals surface area (Å²) in [6, 6.07) is 7.85. The van der Waals surface area contributed by atoms with Crippen molar-refractivity contribution in [2.45, 2.75) is 20.5 Å². The smallest absolute Gasteiger partial charge is 0.341 e. The molecular weight excluding hydrogens is 363 g/mol. The lowest BCUT2D eigenvalue weighted by molar-refractivity contribution is 0.0467. The number of hydrogen-bond acceptors (Lipinski definition) is 5. The molecule has 0 bridgehead atoms. The molecule has 0 aliphatic rings. The van der Waals surface area contributed by atoms with Crippen LogP contribution >= 0.6 is 22.9 Å². The molecule has 0 atom stereocenters. The summed E-state index contributed by atoms with van der Waals surface area (Å²) in [5, 5.41) is 2.67. The number of benzene rings is 1. The van der Waals surface area contributed by atoms with E-state index in [4.69, 9.17) is 16.3 Å². The highest BCUT2D eigenvalue weighted by atomic mass is 35.5. The summed E-state index contributed by atoms with van der Waals surface area (Å²) in [5.74, 6) is -0.834. The Bertz CT molecular complexity index is 902. The molecule has 0 unspecified atom stereocenters. The van der Waals surface area contributed by atoms with Crippen LogP contribution in [-0.2, 0) is 11.3 Å². The molecule has 0 radical (unpaired) electrons. The number of rotatable bonds is 4. The first-order valence-corrected chi connectivity index (χ1v) is 8.71. The summed E-state index contributed by atoms with van der Waals surface area (Å²) < 4.78 is 18.3. The van der Waals surface area contributed by atoms with Crippen molar-refractivity contribution in [3.63, 3.8) is 0 Å². The van der Waals surface area contributed by atoms with Crippen molar-refractivity contribution in [1.82, 2.24) is 9.97 Å². The molecule has 0 spiro atoms. The number of hydrogen-bond donors (Lipinski definition) is 0. The van der Waals surface area contributed by atoms with Gasteiger partial charge in [0.25, 0.3) is 0 Å². The van der Waals surface area contributed by atoms with Crippen LogP contribution in [-0.4, -0.2) is 15.9 Å². The maximum absolute atomic E-state index is 13.0. The van der Waals surface area contributed by atoms with E-state index in [0.29, 0.717) is 11.3 Å². The number of ether oxygens (including phenoxy) is 1. The van der Waals surface area contributed by atoms with E-state index in [9.17, 15) is 9.18 Å². The van der Waals surface area contributed by atoms with Crippen LogP contribution in [0.3, 0.4) is 0 Å². The van der Waals surface area contributed by atoms with Gasteiger partial charge in [0.15, 0.2) is 0 Å². The molecule has 0 fully saturated rings. The van der Waals surface area contributed by atoms with Gasteiger partial charge in [-0.15, -0.1) is 11.3 Å². The van der Waals surface area contributed by atoms with Crippen molar-refractivity contribution in [1.29, 1.82) is 0 Å². The third-order valence-corrected chi connectivity index (χ3v) is 4.71. The molecule has 0 aliphatic carbocycles. The van der Waals surface area contributed by atoms with Crippen LogP contribution in [0.15, 0.2) is 35.7 Å². The van der Waals surface area contributed by atoms with E-state index in [-0.39, 0.29) is 23.1 Å². The topological polar surface area (TPSA) is 52.1 Å². The Morgan fingerprint density at radius 2 is 1.96 bits per heavy atom. The molecular formula is C18H14ClFN2O2S. The van der Waals surface area contributed by atoms with Crippen LogP contribution in [0.25, 0.3) is 10.6 Å². The Morgan fingerprint density at radius 1 is 1.24 bits per heavy atom. The minimum Gasteiger partial charge on any atom is -0.455 e. The first-order valence-electron chi connectivity index (χ1n) is 7.45. The number of nitrogens with zero attached hydrogens (tertiary/aromatic N) is 2. The zero-order chi connectivity index (χ0) is 18.0. The van der Waals surface area contributed by atoms with E-state index < -0.39 is 5.97 Å². The highest BCUT2D eigenvalue weighted by Crippen LogP contribution is 2.25. The molecule has 7 heteroatoms. The maximum atomic E-state index is 13.0. The molecule has 0 amide bonds. The summed E-state index contributed by atoms with van der Waals surface area (Å²) in [4.78, 5) is 20.8. The van der Waals surface area contributed by atoms with Gasteiger partial charge < -0.3 is 4.74 Å². The second kappa shape index (κ2) is 7.29. The van der Waals surface area contributed by atoms with Crippen molar-refractivity contribution < 1.29 is 13.9 Å². The molecule has 2 aromatic heterocycles. The minimum atomic E-state index is -0.536. The Labute approximate surface area is 153 Å². The third-order valence-electron chi connectivity index (χ3n) is 3.50. The fourth-order valence-corrected chi connectivity index (χ4v) is 3.52. The van der Waals surface area contributed by atoms with E-state index in [1.807, 2.05) is 0 Å². The Kier molecular flexibility index (Phi) is 5.11. The zero-order valence-electron chi connectivity index (χ0n) is 13.5. The Hall–Kier alpha value is -2.31. The molecule has 2 heterocycles. The number of aryl methyl sites for hydroxylation is 2. The average Bonchev–Trinajstić information content (AvgIpc) is 3.01. The summed E-state index contributed by atoms with van der Waals surface area (Å²) in [5.41, 5.74) is 3.15. The number of aromatic nitrogens is 2. The van der Waals surface area contributed by atoms with Crippen LogP contribution in [0.1, 0.15) is 27.3 Å². The first-order chi connectivity index (χ1) is 11.9. The van der Waals surface area contributed by atoms with Crippen LogP contribution < -0.4 is 0 Å². The van der Waals surface area contributed by atoms with Crippen LogP contribution in [0.5, 0.6) is 0 Å². The van der Waals surface area contributed by atoms with Gasteiger partial charge in [-0.25, -0.2) is 19.2 Å². The molecule has 0 saturated carbocycles. The second-order valence-electron chi connectivity index (χ2n) is 5.47. The monoisotopic (exact) mass is 376 g/mol. The van der Waals surface area contributed by atoms with E-state index in [1.165, 1.54) is 23.5 Å². The predicted octanol–water partition coefficient (Wildman–Crippen LogP) is 4.97.